The fourth-order valence-corrected chi connectivity index (χ4v) is 5.77. The molecule has 0 bridgehead atoms. The molecule has 174 valence electrons. The molecule has 0 atom stereocenters. The van der Waals surface area contributed by atoms with Gasteiger partial charge in [0.2, 0.25) is 15.9 Å². The Bertz CT molecular complexity index is 858. The maximum Gasteiger partial charge on any atom is 0.240 e. The molecule has 2 fully saturated rings. The summed E-state index contributed by atoms with van der Waals surface area (Å²) < 4.78 is 38.9. The third-order valence-electron chi connectivity index (χ3n) is 6.42. The quantitative estimate of drug-likeness (QED) is 0.680. The van der Waals surface area contributed by atoms with Crippen molar-refractivity contribution in [1.29, 1.82) is 0 Å². The molecule has 0 aromatic heterocycles. The minimum Gasteiger partial charge on any atom is -0.493 e. The Labute approximate surface area is 185 Å². The first-order valence-corrected chi connectivity index (χ1v) is 12.5. The third kappa shape index (κ3) is 5.70. The van der Waals surface area contributed by atoms with Crippen LogP contribution in [0.2, 0.25) is 0 Å². The molecule has 1 saturated heterocycles. The zero-order chi connectivity index (χ0) is 22.6. The molecule has 0 unspecified atom stereocenters. The van der Waals surface area contributed by atoms with Gasteiger partial charge in [-0.2, -0.15) is 0 Å². The SMILES string of the molecule is COc1ccc(S(=O)(=O)N[C@H]2CC[C@H](C(=O)N3CCN(C(C)C)CC3)CC2)cc1OC. The number of amides is 1. The van der Waals surface area contributed by atoms with Crippen LogP contribution in [-0.4, -0.2) is 76.6 Å². The number of sulfonamides is 1. The van der Waals surface area contributed by atoms with Gasteiger partial charge in [0, 0.05) is 50.2 Å². The molecule has 1 amide bonds. The molecule has 1 heterocycles. The Kier molecular flexibility index (Phi) is 7.82. The number of hydrogen-bond acceptors (Lipinski definition) is 6. The van der Waals surface area contributed by atoms with E-state index in [4.69, 9.17) is 9.47 Å². The first-order chi connectivity index (χ1) is 14.7. The van der Waals surface area contributed by atoms with Crippen molar-refractivity contribution in [2.24, 2.45) is 5.92 Å². The first-order valence-electron chi connectivity index (χ1n) is 11.0. The number of nitrogens with zero attached hydrogens (tertiary/aromatic N) is 2. The van der Waals surface area contributed by atoms with Gasteiger partial charge in [0.1, 0.15) is 0 Å². The second-order valence-electron chi connectivity index (χ2n) is 8.64. The summed E-state index contributed by atoms with van der Waals surface area (Å²) in [5.41, 5.74) is 0. The summed E-state index contributed by atoms with van der Waals surface area (Å²) in [6, 6.07) is 4.90. The zero-order valence-corrected chi connectivity index (χ0v) is 19.8. The van der Waals surface area contributed by atoms with E-state index in [9.17, 15) is 13.2 Å². The Hall–Kier alpha value is -1.84. The molecule has 1 N–H and O–H groups in total. The number of rotatable bonds is 7. The van der Waals surface area contributed by atoms with Gasteiger partial charge in [-0.25, -0.2) is 13.1 Å². The lowest BCUT2D eigenvalue weighted by Crippen LogP contribution is -2.52. The van der Waals surface area contributed by atoms with Crippen LogP contribution >= 0.6 is 0 Å². The lowest BCUT2D eigenvalue weighted by molar-refractivity contribution is -0.138. The molecule has 2 aliphatic rings. The van der Waals surface area contributed by atoms with Crippen LogP contribution in [0.25, 0.3) is 0 Å². The molecule has 1 aliphatic heterocycles. The summed E-state index contributed by atoms with van der Waals surface area (Å²) in [5.74, 6) is 1.07. The average molecular weight is 454 g/mol. The fraction of sp³-hybridized carbons (Fsp3) is 0.682. The van der Waals surface area contributed by atoms with Crippen molar-refractivity contribution in [2.45, 2.75) is 56.5 Å². The van der Waals surface area contributed by atoms with Gasteiger partial charge in [0.25, 0.3) is 0 Å². The molecule has 1 aromatic carbocycles. The highest BCUT2D eigenvalue weighted by atomic mass is 32.2. The van der Waals surface area contributed by atoms with Gasteiger partial charge in [0.15, 0.2) is 11.5 Å². The summed E-state index contributed by atoms with van der Waals surface area (Å²) in [6.45, 7) is 7.77. The molecule has 1 aromatic rings. The maximum absolute atomic E-state index is 12.9. The molecule has 1 aliphatic carbocycles. The van der Waals surface area contributed by atoms with E-state index in [2.05, 4.69) is 23.5 Å². The van der Waals surface area contributed by atoms with Gasteiger partial charge < -0.3 is 14.4 Å². The molecular weight excluding hydrogens is 418 g/mol. The molecule has 0 spiro atoms. The zero-order valence-electron chi connectivity index (χ0n) is 19.0. The van der Waals surface area contributed by atoms with E-state index in [-0.39, 0.29) is 22.8 Å². The van der Waals surface area contributed by atoms with E-state index in [1.807, 2.05) is 4.90 Å². The smallest absolute Gasteiger partial charge is 0.240 e. The number of hydrogen-bond donors (Lipinski definition) is 1. The van der Waals surface area contributed by atoms with Gasteiger partial charge in [-0.15, -0.1) is 0 Å². The van der Waals surface area contributed by atoms with Crippen LogP contribution in [0.1, 0.15) is 39.5 Å². The summed E-state index contributed by atoms with van der Waals surface area (Å²) >= 11 is 0. The molecule has 8 nitrogen and oxygen atoms in total. The van der Waals surface area contributed by atoms with Crippen LogP contribution < -0.4 is 14.2 Å². The van der Waals surface area contributed by atoms with Gasteiger partial charge >= 0.3 is 0 Å². The van der Waals surface area contributed by atoms with Crippen molar-refractivity contribution in [2.75, 3.05) is 40.4 Å². The standard InChI is InChI=1S/C22H35N3O5S/c1-16(2)24-11-13-25(14-12-24)22(26)17-5-7-18(8-6-17)23-31(27,28)19-9-10-20(29-3)21(15-19)30-4/h9-10,15-18,23H,5-8,11-14H2,1-4H3/t17-,18-. The summed E-state index contributed by atoms with van der Waals surface area (Å²) in [7, 11) is -0.693. The number of benzene rings is 1. The number of nitrogens with one attached hydrogen (secondary N) is 1. The van der Waals surface area contributed by atoms with E-state index >= 15 is 0 Å². The topological polar surface area (TPSA) is 88.2 Å². The second-order valence-corrected chi connectivity index (χ2v) is 10.4. The average Bonchev–Trinajstić information content (AvgIpc) is 2.78. The minimum absolute atomic E-state index is 0.00701. The lowest BCUT2D eigenvalue weighted by Gasteiger charge is -2.39. The van der Waals surface area contributed by atoms with Crippen LogP contribution in [0.3, 0.4) is 0 Å². The van der Waals surface area contributed by atoms with Crippen molar-refractivity contribution in [1.82, 2.24) is 14.5 Å². The monoisotopic (exact) mass is 453 g/mol. The summed E-state index contributed by atoms with van der Waals surface area (Å²) in [5, 5.41) is 0. The van der Waals surface area contributed by atoms with Crippen LogP contribution in [0.15, 0.2) is 23.1 Å². The Morgan fingerprint density at radius 1 is 1.00 bits per heavy atom. The number of carbonyl (C=O) groups excluding carboxylic acids is 1. The van der Waals surface area contributed by atoms with Gasteiger partial charge in [-0.1, -0.05) is 0 Å². The van der Waals surface area contributed by atoms with Crippen molar-refractivity contribution < 1.29 is 22.7 Å². The van der Waals surface area contributed by atoms with Crippen molar-refractivity contribution >= 4 is 15.9 Å². The predicted octanol–water partition coefficient (Wildman–Crippen LogP) is 2.09. The fourth-order valence-electron chi connectivity index (χ4n) is 4.45. The lowest BCUT2D eigenvalue weighted by atomic mass is 9.85. The van der Waals surface area contributed by atoms with E-state index < -0.39 is 10.0 Å². The van der Waals surface area contributed by atoms with E-state index in [0.717, 1.165) is 26.2 Å². The van der Waals surface area contributed by atoms with Crippen molar-refractivity contribution in [3.05, 3.63) is 18.2 Å². The Balaban J connectivity index is 1.53. The van der Waals surface area contributed by atoms with E-state index in [0.29, 0.717) is 43.2 Å². The van der Waals surface area contributed by atoms with Crippen molar-refractivity contribution in [3.8, 4) is 11.5 Å². The molecular formula is C22H35N3O5S. The third-order valence-corrected chi connectivity index (χ3v) is 7.94. The van der Waals surface area contributed by atoms with Crippen LogP contribution in [-0.2, 0) is 14.8 Å². The van der Waals surface area contributed by atoms with Crippen LogP contribution in [0, 0.1) is 5.92 Å². The molecule has 1 saturated carbocycles. The van der Waals surface area contributed by atoms with Gasteiger partial charge in [-0.05, 0) is 51.7 Å². The summed E-state index contributed by atoms with van der Waals surface area (Å²) in [6.07, 6.45) is 2.74. The number of methoxy groups -OCH3 is 2. The number of ether oxygens (including phenoxy) is 2. The Morgan fingerprint density at radius 2 is 1.61 bits per heavy atom. The molecule has 9 heteroatoms. The highest BCUT2D eigenvalue weighted by molar-refractivity contribution is 7.89. The molecule has 3 rings (SSSR count). The Morgan fingerprint density at radius 3 is 2.16 bits per heavy atom. The largest absolute Gasteiger partial charge is 0.493 e. The van der Waals surface area contributed by atoms with E-state index in [1.54, 1.807) is 6.07 Å². The first kappa shape index (κ1) is 23.8. The number of carbonyl (C=O) groups is 1. The van der Waals surface area contributed by atoms with Gasteiger partial charge in [0.05, 0.1) is 19.1 Å². The normalized spacial score (nSPS) is 23.1. The second kappa shape index (κ2) is 10.2. The molecule has 31 heavy (non-hydrogen) atoms. The predicted molar refractivity (Wildman–Crippen MR) is 119 cm³/mol. The van der Waals surface area contributed by atoms with Crippen LogP contribution in [0.5, 0.6) is 11.5 Å². The van der Waals surface area contributed by atoms with E-state index in [1.165, 1.54) is 26.4 Å². The maximum atomic E-state index is 12.9. The molecule has 0 radical (unpaired) electrons. The highest BCUT2D eigenvalue weighted by Crippen LogP contribution is 2.31. The number of piperazine rings is 1. The van der Waals surface area contributed by atoms with Gasteiger partial charge in [-0.3, -0.25) is 9.69 Å². The minimum atomic E-state index is -3.68. The highest BCUT2D eigenvalue weighted by Gasteiger charge is 2.33. The van der Waals surface area contributed by atoms with Crippen molar-refractivity contribution in [3.63, 3.8) is 0 Å². The van der Waals surface area contributed by atoms with Crippen LogP contribution in [0.4, 0.5) is 0 Å². The summed E-state index contributed by atoms with van der Waals surface area (Å²) in [4.78, 5) is 17.4.